The molecular formula is C22H24N2O3S. The Labute approximate surface area is 169 Å². The van der Waals surface area contributed by atoms with Crippen LogP contribution in [0.15, 0.2) is 57.8 Å². The van der Waals surface area contributed by atoms with Crippen molar-refractivity contribution in [1.82, 2.24) is 9.88 Å². The van der Waals surface area contributed by atoms with Crippen LogP contribution in [0.4, 0.5) is 0 Å². The molecule has 0 aliphatic carbocycles. The Hall–Kier alpha value is -2.47. The van der Waals surface area contributed by atoms with Gasteiger partial charge in [-0.3, -0.25) is 4.79 Å². The first-order chi connectivity index (χ1) is 13.6. The second-order valence-corrected chi connectivity index (χ2v) is 8.47. The molecule has 146 valence electrons. The summed E-state index contributed by atoms with van der Waals surface area (Å²) in [5, 5.41) is -0.116. The van der Waals surface area contributed by atoms with Gasteiger partial charge in [0.05, 0.1) is 12.4 Å². The molecule has 1 aliphatic rings. The molecule has 1 aliphatic heterocycles. The highest BCUT2D eigenvalue weighted by Crippen LogP contribution is 2.32. The van der Waals surface area contributed by atoms with Crippen molar-refractivity contribution in [3.05, 3.63) is 54.4 Å². The van der Waals surface area contributed by atoms with Gasteiger partial charge in [0.2, 0.25) is 5.91 Å². The molecule has 1 amide bonds. The summed E-state index contributed by atoms with van der Waals surface area (Å²) in [5.74, 6) is 2.09. The summed E-state index contributed by atoms with van der Waals surface area (Å²) in [4.78, 5) is 20.5. The fourth-order valence-electron chi connectivity index (χ4n) is 3.58. The summed E-state index contributed by atoms with van der Waals surface area (Å²) in [6.07, 6.45) is 1.77. The number of ether oxygens (including phenoxy) is 1. The van der Waals surface area contributed by atoms with Crippen LogP contribution in [0.5, 0.6) is 5.75 Å². The molecule has 4 rings (SSSR count). The maximum Gasteiger partial charge on any atom is 0.235 e. The molecule has 0 radical (unpaired) electrons. The number of methoxy groups -OCH3 is 1. The van der Waals surface area contributed by atoms with E-state index in [0.717, 1.165) is 53.6 Å². The lowest BCUT2D eigenvalue weighted by Crippen LogP contribution is -2.41. The topological polar surface area (TPSA) is 55.6 Å². The lowest BCUT2D eigenvalue weighted by molar-refractivity contribution is -0.131. The Balaban J connectivity index is 1.33. The zero-order valence-corrected chi connectivity index (χ0v) is 16.9. The Kier molecular flexibility index (Phi) is 5.57. The van der Waals surface area contributed by atoms with Crippen LogP contribution in [0.3, 0.4) is 0 Å². The number of fused-ring (bicyclic) bond motifs is 1. The van der Waals surface area contributed by atoms with Gasteiger partial charge in [0.15, 0.2) is 11.5 Å². The number of aromatic nitrogens is 1. The summed E-state index contributed by atoms with van der Waals surface area (Å²) in [6.45, 7) is 3.47. The molecule has 1 fully saturated rings. The average Bonchev–Trinajstić information content (AvgIpc) is 3.18. The molecule has 1 saturated heterocycles. The molecule has 28 heavy (non-hydrogen) atoms. The highest BCUT2D eigenvalue weighted by atomic mass is 32.2. The van der Waals surface area contributed by atoms with E-state index in [9.17, 15) is 4.79 Å². The van der Waals surface area contributed by atoms with Crippen LogP contribution in [0.1, 0.15) is 31.6 Å². The van der Waals surface area contributed by atoms with Crippen LogP contribution in [0.25, 0.3) is 11.1 Å². The number of carbonyl (C=O) groups is 1. The number of benzene rings is 2. The number of piperidine rings is 1. The van der Waals surface area contributed by atoms with Crippen molar-refractivity contribution in [1.29, 1.82) is 0 Å². The van der Waals surface area contributed by atoms with E-state index < -0.39 is 0 Å². The lowest BCUT2D eigenvalue weighted by Gasteiger charge is -2.32. The molecule has 1 unspecified atom stereocenters. The van der Waals surface area contributed by atoms with E-state index in [1.165, 1.54) is 0 Å². The van der Waals surface area contributed by atoms with E-state index in [1.54, 1.807) is 18.9 Å². The standard InChI is InChI=1S/C22H24N2O3S/c1-15(28-18-9-7-17(26-2)8-10-18)22(25)24-13-11-16(12-14-24)21-23-19-5-3-4-6-20(19)27-21/h3-10,15-16H,11-14H2,1-2H3. The van der Waals surface area contributed by atoms with E-state index in [4.69, 9.17) is 9.15 Å². The van der Waals surface area contributed by atoms with Crippen molar-refractivity contribution >= 4 is 28.8 Å². The molecule has 0 spiro atoms. The molecule has 0 bridgehead atoms. The number of amides is 1. The number of thioether (sulfide) groups is 1. The molecule has 5 nitrogen and oxygen atoms in total. The largest absolute Gasteiger partial charge is 0.497 e. The molecule has 2 heterocycles. The monoisotopic (exact) mass is 396 g/mol. The van der Waals surface area contributed by atoms with Crippen LogP contribution in [-0.4, -0.2) is 41.2 Å². The van der Waals surface area contributed by atoms with Gasteiger partial charge in [-0.05, 0) is 56.2 Å². The fourth-order valence-corrected chi connectivity index (χ4v) is 4.53. The molecule has 0 saturated carbocycles. The van der Waals surface area contributed by atoms with Crippen molar-refractivity contribution < 1.29 is 13.9 Å². The summed E-state index contributed by atoms with van der Waals surface area (Å²) >= 11 is 1.59. The van der Waals surface area contributed by atoms with Gasteiger partial charge in [-0.25, -0.2) is 4.98 Å². The second-order valence-electron chi connectivity index (χ2n) is 7.05. The Morgan fingerprint density at radius 3 is 2.57 bits per heavy atom. The SMILES string of the molecule is COc1ccc(SC(C)C(=O)N2CCC(c3nc4ccccc4o3)CC2)cc1. The van der Waals surface area contributed by atoms with Gasteiger partial charge in [0.1, 0.15) is 11.3 Å². The minimum Gasteiger partial charge on any atom is -0.497 e. The van der Waals surface area contributed by atoms with Crippen LogP contribution in [-0.2, 0) is 4.79 Å². The third-order valence-electron chi connectivity index (χ3n) is 5.19. The second kappa shape index (κ2) is 8.27. The Morgan fingerprint density at radius 1 is 1.18 bits per heavy atom. The predicted octanol–water partition coefficient (Wildman–Crippen LogP) is 4.72. The minimum absolute atomic E-state index is 0.116. The number of para-hydroxylation sites is 2. The van der Waals surface area contributed by atoms with Gasteiger partial charge >= 0.3 is 0 Å². The summed E-state index contributed by atoms with van der Waals surface area (Å²) in [5.41, 5.74) is 1.74. The molecule has 1 atom stereocenters. The number of hydrogen-bond acceptors (Lipinski definition) is 5. The smallest absolute Gasteiger partial charge is 0.235 e. The molecule has 3 aromatic rings. The maximum atomic E-state index is 12.9. The van der Waals surface area contributed by atoms with Crippen LogP contribution in [0, 0.1) is 0 Å². The zero-order valence-electron chi connectivity index (χ0n) is 16.1. The highest BCUT2D eigenvalue weighted by Gasteiger charge is 2.29. The fraction of sp³-hybridized carbons (Fsp3) is 0.364. The molecular weight excluding hydrogens is 372 g/mol. The van der Waals surface area contributed by atoms with Gasteiger partial charge < -0.3 is 14.1 Å². The van der Waals surface area contributed by atoms with Crippen molar-refractivity contribution in [2.75, 3.05) is 20.2 Å². The van der Waals surface area contributed by atoms with E-state index in [-0.39, 0.29) is 17.1 Å². The normalized spacial score (nSPS) is 16.3. The van der Waals surface area contributed by atoms with Crippen LogP contribution >= 0.6 is 11.8 Å². The number of rotatable bonds is 5. The molecule has 2 aromatic carbocycles. The number of likely N-dealkylation sites (tertiary alicyclic amines) is 1. The predicted molar refractivity (Wildman–Crippen MR) is 111 cm³/mol. The number of oxazole rings is 1. The third kappa shape index (κ3) is 4.02. The van der Waals surface area contributed by atoms with E-state index >= 15 is 0 Å². The quantitative estimate of drug-likeness (QED) is 0.584. The highest BCUT2D eigenvalue weighted by molar-refractivity contribution is 8.00. The average molecular weight is 397 g/mol. The zero-order chi connectivity index (χ0) is 19.5. The van der Waals surface area contributed by atoms with Gasteiger partial charge in [-0.15, -0.1) is 11.8 Å². The first-order valence-electron chi connectivity index (χ1n) is 9.59. The van der Waals surface area contributed by atoms with Crippen molar-refractivity contribution in [3.63, 3.8) is 0 Å². The number of hydrogen-bond donors (Lipinski definition) is 0. The van der Waals surface area contributed by atoms with Gasteiger partial charge in [-0.1, -0.05) is 12.1 Å². The third-order valence-corrected chi connectivity index (χ3v) is 6.29. The summed E-state index contributed by atoms with van der Waals surface area (Å²) < 4.78 is 11.1. The number of carbonyl (C=O) groups excluding carboxylic acids is 1. The van der Waals surface area contributed by atoms with Gasteiger partial charge in [0, 0.05) is 23.9 Å². The first kappa shape index (κ1) is 18.9. The Morgan fingerprint density at radius 2 is 1.89 bits per heavy atom. The Bertz CT molecular complexity index is 913. The van der Waals surface area contributed by atoms with Crippen LogP contribution in [0.2, 0.25) is 0 Å². The number of nitrogens with zero attached hydrogens (tertiary/aromatic N) is 2. The lowest BCUT2D eigenvalue weighted by atomic mass is 9.96. The van der Waals surface area contributed by atoms with E-state index in [2.05, 4.69) is 4.98 Å². The summed E-state index contributed by atoms with van der Waals surface area (Å²) in [7, 11) is 1.65. The molecule has 1 aromatic heterocycles. The van der Waals surface area contributed by atoms with Crippen molar-refractivity contribution in [2.24, 2.45) is 0 Å². The maximum absolute atomic E-state index is 12.9. The minimum atomic E-state index is -0.116. The van der Waals surface area contributed by atoms with Crippen molar-refractivity contribution in [2.45, 2.75) is 35.8 Å². The first-order valence-corrected chi connectivity index (χ1v) is 10.5. The molecule has 0 N–H and O–H groups in total. The van der Waals surface area contributed by atoms with E-state index in [1.807, 2.05) is 60.4 Å². The van der Waals surface area contributed by atoms with Crippen LogP contribution < -0.4 is 4.74 Å². The van der Waals surface area contributed by atoms with E-state index in [0.29, 0.717) is 0 Å². The van der Waals surface area contributed by atoms with Gasteiger partial charge in [-0.2, -0.15) is 0 Å². The molecule has 6 heteroatoms. The summed E-state index contributed by atoms with van der Waals surface area (Å²) in [6, 6.07) is 15.7. The van der Waals surface area contributed by atoms with Gasteiger partial charge in [0.25, 0.3) is 0 Å². The van der Waals surface area contributed by atoms with Crippen molar-refractivity contribution in [3.8, 4) is 5.75 Å².